The summed E-state index contributed by atoms with van der Waals surface area (Å²) in [5, 5.41) is -4.45. The Bertz CT molecular complexity index is 1430. The molecular weight excluding hydrogens is 582 g/mol. The van der Waals surface area contributed by atoms with Gasteiger partial charge in [-0.05, 0) is 105 Å². The Kier molecular flexibility index (Phi) is 9.74. The summed E-state index contributed by atoms with van der Waals surface area (Å²) >= 11 is 0. The first kappa shape index (κ1) is 32.4. The van der Waals surface area contributed by atoms with Crippen molar-refractivity contribution < 1.29 is 36.0 Å². The highest BCUT2D eigenvalue weighted by Crippen LogP contribution is 2.37. The molecule has 1 saturated heterocycles. The molecule has 0 aliphatic carbocycles. The third-order valence-electron chi connectivity index (χ3n) is 7.30. The molecule has 3 aromatic rings. The van der Waals surface area contributed by atoms with Gasteiger partial charge in [0.05, 0.1) is 24.1 Å². The summed E-state index contributed by atoms with van der Waals surface area (Å²) < 4.78 is 76.6. The van der Waals surface area contributed by atoms with Crippen molar-refractivity contribution in [2.45, 2.75) is 91.1 Å². The van der Waals surface area contributed by atoms with E-state index in [9.17, 15) is 17.2 Å². The molecule has 1 aliphatic rings. The minimum Gasteiger partial charge on any atom is -0.483 e. The van der Waals surface area contributed by atoms with Gasteiger partial charge in [-0.1, -0.05) is 32.9 Å². The standard InChI is InChI=1S/C32H38F2O6S2/c1-23(32(33,34)42(35,36)37)40-26-13-19-29(20-14-26)41(27-15-9-24(10-16-27)30(2,3)4)28-17-11-25(12-18-28)31(5)38-21-7-6-8-22-39-31/h9-20,23H,6-8,21-22H2,1-5H3/p+1. The SMILES string of the molecule is CC(Oc1ccc([S+](c2ccc(C(C)(C)C)cc2)c2ccc(C3(C)OCCCCCO3)cc2)cc1)C(F)(F)S(=O)(=O)O. The van der Waals surface area contributed by atoms with Crippen molar-refractivity contribution in [3.8, 4) is 5.75 Å². The van der Waals surface area contributed by atoms with Gasteiger partial charge in [-0.25, -0.2) is 0 Å². The van der Waals surface area contributed by atoms with Crippen LogP contribution in [0.15, 0.2) is 87.5 Å². The number of alkyl halides is 2. The maximum absolute atomic E-state index is 14.0. The van der Waals surface area contributed by atoms with Crippen LogP contribution in [-0.2, 0) is 41.7 Å². The van der Waals surface area contributed by atoms with E-state index in [2.05, 4.69) is 57.2 Å². The van der Waals surface area contributed by atoms with E-state index in [-0.39, 0.29) is 11.2 Å². The molecule has 6 nitrogen and oxygen atoms in total. The molecule has 0 spiro atoms. The molecular formula is C32H39F2O6S2+. The summed E-state index contributed by atoms with van der Waals surface area (Å²) in [5.74, 6) is -0.769. The van der Waals surface area contributed by atoms with E-state index in [0.717, 1.165) is 46.4 Å². The number of ether oxygens (including phenoxy) is 3. The van der Waals surface area contributed by atoms with Crippen molar-refractivity contribution in [1.29, 1.82) is 0 Å². The minimum absolute atomic E-state index is 0.00832. The molecule has 0 bridgehead atoms. The van der Waals surface area contributed by atoms with Gasteiger partial charge >= 0.3 is 15.4 Å². The van der Waals surface area contributed by atoms with Gasteiger partial charge < -0.3 is 14.2 Å². The Morgan fingerprint density at radius 3 is 1.74 bits per heavy atom. The van der Waals surface area contributed by atoms with Crippen molar-refractivity contribution in [2.75, 3.05) is 13.2 Å². The average molecular weight is 622 g/mol. The lowest BCUT2D eigenvalue weighted by Gasteiger charge is -2.32. The fraction of sp³-hybridized carbons (Fsp3) is 0.438. The predicted molar refractivity (Wildman–Crippen MR) is 160 cm³/mol. The summed E-state index contributed by atoms with van der Waals surface area (Å²) in [5.41, 5.74) is 2.12. The zero-order valence-corrected chi connectivity index (χ0v) is 26.2. The summed E-state index contributed by atoms with van der Waals surface area (Å²) in [7, 11) is -6.18. The van der Waals surface area contributed by atoms with Crippen LogP contribution in [0, 0.1) is 0 Å². The van der Waals surface area contributed by atoms with Gasteiger partial charge in [0.1, 0.15) is 5.75 Å². The van der Waals surface area contributed by atoms with E-state index in [0.29, 0.717) is 13.2 Å². The van der Waals surface area contributed by atoms with Crippen molar-refractivity contribution in [3.63, 3.8) is 0 Å². The monoisotopic (exact) mass is 621 g/mol. The Morgan fingerprint density at radius 2 is 1.29 bits per heavy atom. The fourth-order valence-electron chi connectivity index (χ4n) is 4.65. The van der Waals surface area contributed by atoms with Crippen LogP contribution in [0.3, 0.4) is 0 Å². The topological polar surface area (TPSA) is 82.1 Å². The van der Waals surface area contributed by atoms with Gasteiger partial charge in [-0.2, -0.15) is 17.2 Å². The second kappa shape index (κ2) is 12.6. The first-order valence-electron chi connectivity index (χ1n) is 14.0. The molecule has 228 valence electrons. The average Bonchev–Trinajstić information content (AvgIpc) is 2.91. The fourth-order valence-corrected chi connectivity index (χ4v) is 7.16. The first-order valence-corrected chi connectivity index (χ1v) is 16.6. The molecule has 10 heteroatoms. The maximum Gasteiger partial charge on any atom is 0.405 e. The van der Waals surface area contributed by atoms with Crippen LogP contribution in [0.5, 0.6) is 5.75 Å². The molecule has 3 aromatic carbocycles. The lowest BCUT2D eigenvalue weighted by molar-refractivity contribution is -0.241. The van der Waals surface area contributed by atoms with Crippen LogP contribution in [0.4, 0.5) is 8.78 Å². The van der Waals surface area contributed by atoms with Crippen molar-refractivity contribution >= 4 is 21.0 Å². The quantitative estimate of drug-likeness (QED) is 0.205. The summed E-state index contributed by atoms with van der Waals surface area (Å²) in [6.45, 7) is 10.6. The lowest BCUT2D eigenvalue weighted by Crippen LogP contribution is -2.42. The molecule has 2 unspecified atom stereocenters. The summed E-state index contributed by atoms with van der Waals surface area (Å²) in [4.78, 5) is 3.02. The van der Waals surface area contributed by atoms with Gasteiger partial charge in [0.2, 0.25) is 0 Å². The molecule has 4 rings (SSSR count). The molecule has 1 fully saturated rings. The first-order chi connectivity index (χ1) is 19.6. The van der Waals surface area contributed by atoms with Crippen LogP contribution in [0.2, 0.25) is 0 Å². The summed E-state index contributed by atoms with van der Waals surface area (Å²) in [6.07, 6.45) is 0.985. The largest absolute Gasteiger partial charge is 0.483 e. The Balaban J connectivity index is 1.67. The van der Waals surface area contributed by atoms with Crippen molar-refractivity contribution in [2.24, 2.45) is 0 Å². The Morgan fingerprint density at radius 1 is 0.833 bits per heavy atom. The van der Waals surface area contributed by atoms with Gasteiger partial charge in [-0.15, -0.1) is 0 Å². The predicted octanol–water partition coefficient (Wildman–Crippen LogP) is 7.72. The van der Waals surface area contributed by atoms with Crippen LogP contribution >= 0.6 is 0 Å². The molecule has 0 saturated carbocycles. The van der Waals surface area contributed by atoms with Gasteiger partial charge in [-0.3, -0.25) is 4.55 Å². The molecule has 0 amide bonds. The Labute approximate surface area is 250 Å². The van der Waals surface area contributed by atoms with Crippen LogP contribution in [0.1, 0.15) is 65.0 Å². The van der Waals surface area contributed by atoms with E-state index in [1.165, 1.54) is 17.7 Å². The van der Waals surface area contributed by atoms with Gasteiger partial charge in [0.15, 0.2) is 26.6 Å². The molecule has 0 aromatic heterocycles. The van der Waals surface area contributed by atoms with Crippen molar-refractivity contribution in [3.05, 3.63) is 83.9 Å². The zero-order chi connectivity index (χ0) is 30.8. The molecule has 0 radical (unpaired) electrons. The van der Waals surface area contributed by atoms with E-state index in [1.807, 2.05) is 19.1 Å². The number of halogens is 2. The Hall–Kier alpha value is -2.50. The summed E-state index contributed by atoms with van der Waals surface area (Å²) in [6, 6.07) is 23.3. The molecule has 1 heterocycles. The lowest BCUT2D eigenvalue weighted by atomic mass is 9.87. The molecule has 2 atom stereocenters. The molecule has 1 aliphatic heterocycles. The van der Waals surface area contributed by atoms with Crippen molar-refractivity contribution in [1.82, 2.24) is 0 Å². The smallest absolute Gasteiger partial charge is 0.405 e. The van der Waals surface area contributed by atoms with Gasteiger partial charge in [0, 0.05) is 5.56 Å². The van der Waals surface area contributed by atoms with E-state index in [1.54, 1.807) is 12.1 Å². The number of rotatable bonds is 8. The third-order valence-corrected chi connectivity index (χ3v) is 10.6. The van der Waals surface area contributed by atoms with E-state index < -0.39 is 38.2 Å². The zero-order valence-electron chi connectivity index (χ0n) is 24.6. The van der Waals surface area contributed by atoms with E-state index >= 15 is 0 Å². The normalized spacial score (nSPS) is 18.0. The van der Waals surface area contributed by atoms with Crippen LogP contribution in [0.25, 0.3) is 0 Å². The number of benzene rings is 3. The molecule has 42 heavy (non-hydrogen) atoms. The second-order valence-corrected chi connectivity index (χ2v) is 15.1. The molecule has 1 N–H and O–H groups in total. The minimum atomic E-state index is -5.62. The van der Waals surface area contributed by atoms with E-state index in [4.69, 9.17) is 18.8 Å². The highest BCUT2D eigenvalue weighted by Gasteiger charge is 2.51. The third kappa shape index (κ3) is 7.34. The van der Waals surface area contributed by atoms with Crippen LogP contribution < -0.4 is 4.74 Å². The highest BCUT2D eigenvalue weighted by molar-refractivity contribution is 7.97. The second-order valence-electron chi connectivity index (χ2n) is 11.6. The number of hydrogen-bond donors (Lipinski definition) is 1. The van der Waals surface area contributed by atoms with Crippen LogP contribution in [-0.4, -0.2) is 37.5 Å². The maximum atomic E-state index is 14.0. The highest BCUT2D eigenvalue weighted by atomic mass is 32.2. The van der Waals surface area contributed by atoms with Gasteiger partial charge in [0.25, 0.3) is 0 Å². The number of hydrogen-bond acceptors (Lipinski definition) is 5.